The maximum atomic E-state index is 12.8. The number of benzene rings is 1. The zero-order valence-corrected chi connectivity index (χ0v) is 13.0. The monoisotopic (exact) mass is 276 g/mol. The van der Waals surface area contributed by atoms with Crippen LogP contribution in [0.3, 0.4) is 0 Å². The highest BCUT2D eigenvalue weighted by atomic mass is 16.3. The molecule has 0 bridgehead atoms. The number of aryl methyl sites for hydroxylation is 1. The number of rotatable bonds is 2. The zero-order valence-electron chi connectivity index (χ0n) is 13.0. The molecule has 1 heterocycles. The molecular formula is C16H24N2O2. The van der Waals surface area contributed by atoms with Crippen LogP contribution < -0.4 is 4.90 Å². The second-order valence-corrected chi connectivity index (χ2v) is 6.41. The molecule has 110 valence electrons. The molecule has 0 spiro atoms. The number of amides is 2. The van der Waals surface area contributed by atoms with Crippen LogP contribution in [-0.4, -0.2) is 33.8 Å². The van der Waals surface area contributed by atoms with Gasteiger partial charge < -0.3 is 10.0 Å². The fourth-order valence-electron chi connectivity index (χ4n) is 3.30. The molecule has 2 amide bonds. The van der Waals surface area contributed by atoms with Crippen molar-refractivity contribution in [3.63, 3.8) is 0 Å². The van der Waals surface area contributed by atoms with Crippen molar-refractivity contribution in [2.75, 3.05) is 11.4 Å². The summed E-state index contributed by atoms with van der Waals surface area (Å²) in [6.07, 6.45) is 0.507. The van der Waals surface area contributed by atoms with Gasteiger partial charge in [0.15, 0.2) is 0 Å². The molecule has 1 aromatic rings. The minimum atomic E-state index is -1.18. The SMILES string of the molecule is CCN1C(=O)N(c2cccc(C)c2)[C@@](C)(O)CC1(C)C. The molecule has 4 nitrogen and oxygen atoms in total. The van der Waals surface area contributed by atoms with Gasteiger partial charge in [0.05, 0.1) is 0 Å². The first-order chi connectivity index (χ1) is 9.19. The Hall–Kier alpha value is -1.55. The highest BCUT2D eigenvalue weighted by Crippen LogP contribution is 2.38. The summed E-state index contributed by atoms with van der Waals surface area (Å²) in [6, 6.07) is 7.54. The summed E-state index contributed by atoms with van der Waals surface area (Å²) >= 11 is 0. The van der Waals surface area contributed by atoms with Crippen molar-refractivity contribution in [2.24, 2.45) is 0 Å². The van der Waals surface area contributed by atoms with E-state index in [1.807, 2.05) is 56.9 Å². The Morgan fingerprint density at radius 2 is 1.95 bits per heavy atom. The molecule has 1 aliphatic rings. The minimum Gasteiger partial charge on any atom is -0.371 e. The van der Waals surface area contributed by atoms with Crippen LogP contribution in [-0.2, 0) is 0 Å². The molecule has 0 saturated carbocycles. The number of anilines is 1. The molecule has 0 aromatic heterocycles. The van der Waals surface area contributed by atoms with Gasteiger partial charge in [0, 0.05) is 24.2 Å². The Balaban J connectivity index is 2.48. The number of hydrogen-bond donors (Lipinski definition) is 1. The van der Waals surface area contributed by atoms with E-state index in [9.17, 15) is 9.90 Å². The minimum absolute atomic E-state index is 0.139. The normalized spacial score (nSPS) is 26.0. The van der Waals surface area contributed by atoms with Crippen LogP contribution in [0.1, 0.15) is 39.7 Å². The second-order valence-electron chi connectivity index (χ2n) is 6.41. The Bertz CT molecular complexity index is 523. The van der Waals surface area contributed by atoms with Crippen molar-refractivity contribution in [3.8, 4) is 0 Å². The molecule has 1 saturated heterocycles. The summed E-state index contributed by atoms with van der Waals surface area (Å²) in [5.74, 6) is 0. The van der Waals surface area contributed by atoms with Crippen molar-refractivity contribution < 1.29 is 9.90 Å². The van der Waals surface area contributed by atoms with Gasteiger partial charge in [-0.1, -0.05) is 12.1 Å². The molecule has 0 radical (unpaired) electrons. The van der Waals surface area contributed by atoms with Crippen LogP contribution >= 0.6 is 0 Å². The number of carbonyl (C=O) groups is 1. The summed E-state index contributed by atoms with van der Waals surface area (Å²) in [7, 11) is 0. The average molecular weight is 276 g/mol. The lowest BCUT2D eigenvalue weighted by atomic mass is 9.87. The molecule has 1 N–H and O–H groups in total. The molecule has 1 fully saturated rings. The van der Waals surface area contributed by atoms with Crippen molar-refractivity contribution in [1.82, 2.24) is 4.90 Å². The topological polar surface area (TPSA) is 43.8 Å². The van der Waals surface area contributed by atoms with E-state index in [0.717, 1.165) is 11.3 Å². The smallest absolute Gasteiger partial charge is 0.327 e. The molecule has 20 heavy (non-hydrogen) atoms. The molecule has 4 heteroatoms. The Kier molecular flexibility index (Phi) is 3.54. The van der Waals surface area contributed by atoms with Gasteiger partial charge in [0.1, 0.15) is 5.72 Å². The van der Waals surface area contributed by atoms with Crippen molar-refractivity contribution in [3.05, 3.63) is 29.8 Å². The van der Waals surface area contributed by atoms with Gasteiger partial charge in [-0.25, -0.2) is 4.79 Å². The number of nitrogens with zero attached hydrogens (tertiary/aromatic N) is 2. The van der Waals surface area contributed by atoms with E-state index >= 15 is 0 Å². The average Bonchev–Trinajstić information content (AvgIpc) is 2.25. The largest absolute Gasteiger partial charge is 0.371 e. The maximum Gasteiger partial charge on any atom is 0.327 e. The summed E-state index contributed by atoms with van der Waals surface area (Å²) < 4.78 is 0. The van der Waals surface area contributed by atoms with Crippen molar-refractivity contribution in [2.45, 2.75) is 52.3 Å². The van der Waals surface area contributed by atoms with Crippen LogP contribution in [0.15, 0.2) is 24.3 Å². The lowest BCUT2D eigenvalue weighted by Crippen LogP contribution is -2.68. The van der Waals surface area contributed by atoms with Gasteiger partial charge in [0.25, 0.3) is 0 Å². The summed E-state index contributed by atoms with van der Waals surface area (Å²) in [4.78, 5) is 16.1. The molecular weight excluding hydrogens is 252 g/mol. The van der Waals surface area contributed by atoms with Gasteiger partial charge in [-0.2, -0.15) is 0 Å². The van der Waals surface area contributed by atoms with Crippen molar-refractivity contribution >= 4 is 11.7 Å². The molecule has 1 atom stereocenters. The standard InChI is InChI=1S/C16H24N2O2/c1-6-17-14(19)18(13-9-7-8-12(2)10-13)16(5,20)11-15(17,3)4/h7-10,20H,6,11H2,1-5H3/t16-/m0/s1. The van der Waals surface area contributed by atoms with Gasteiger partial charge in [-0.15, -0.1) is 0 Å². The summed E-state index contributed by atoms with van der Waals surface area (Å²) in [5, 5.41) is 10.8. The van der Waals surface area contributed by atoms with E-state index in [-0.39, 0.29) is 11.6 Å². The third kappa shape index (κ3) is 2.40. The molecule has 0 unspecified atom stereocenters. The third-order valence-electron chi connectivity index (χ3n) is 3.98. The van der Waals surface area contributed by atoms with Gasteiger partial charge in [-0.05, 0) is 52.3 Å². The summed E-state index contributed by atoms with van der Waals surface area (Å²) in [5.41, 5.74) is 0.281. The van der Waals surface area contributed by atoms with Crippen LogP contribution in [0.5, 0.6) is 0 Å². The predicted molar refractivity (Wildman–Crippen MR) is 80.8 cm³/mol. The van der Waals surface area contributed by atoms with E-state index < -0.39 is 5.72 Å². The van der Waals surface area contributed by atoms with Crippen LogP contribution in [0, 0.1) is 6.92 Å². The molecule has 1 aliphatic heterocycles. The van der Waals surface area contributed by atoms with Gasteiger partial charge in [0.2, 0.25) is 0 Å². The second kappa shape index (κ2) is 4.77. The van der Waals surface area contributed by atoms with Gasteiger partial charge >= 0.3 is 6.03 Å². The van der Waals surface area contributed by atoms with Crippen LogP contribution in [0.25, 0.3) is 0 Å². The Labute approximate surface area is 121 Å². The van der Waals surface area contributed by atoms with Crippen LogP contribution in [0.2, 0.25) is 0 Å². The highest BCUT2D eigenvalue weighted by Gasteiger charge is 2.49. The first kappa shape index (κ1) is 14.9. The lowest BCUT2D eigenvalue weighted by molar-refractivity contribution is -0.0238. The van der Waals surface area contributed by atoms with E-state index in [1.165, 1.54) is 4.90 Å². The number of hydrogen-bond acceptors (Lipinski definition) is 2. The predicted octanol–water partition coefficient (Wildman–Crippen LogP) is 3.13. The molecule has 0 aliphatic carbocycles. The highest BCUT2D eigenvalue weighted by molar-refractivity contribution is 5.94. The summed E-state index contributed by atoms with van der Waals surface area (Å²) in [6.45, 7) is 10.3. The van der Waals surface area contributed by atoms with E-state index in [2.05, 4.69) is 0 Å². The van der Waals surface area contributed by atoms with Gasteiger partial charge in [-0.3, -0.25) is 4.90 Å². The number of urea groups is 1. The fourth-order valence-corrected chi connectivity index (χ4v) is 3.30. The first-order valence-electron chi connectivity index (χ1n) is 7.10. The van der Waals surface area contributed by atoms with Crippen molar-refractivity contribution in [1.29, 1.82) is 0 Å². The number of carbonyl (C=O) groups excluding carboxylic acids is 1. The Morgan fingerprint density at radius 3 is 2.50 bits per heavy atom. The van der Waals surface area contributed by atoms with E-state index in [0.29, 0.717) is 13.0 Å². The fraction of sp³-hybridized carbons (Fsp3) is 0.562. The maximum absolute atomic E-state index is 12.8. The van der Waals surface area contributed by atoms with E-state index in [4.69, 9.17) is 0 Å². The quantitative estimate of drug-likeness (QED) is 0.902. The first-order valence-corrected chi connectivity index (χ1v) is 7.10. The Morgan fingerprint density at radius 1 is 1.30 bits per heavy atom. The van der Waals surface area contributed by atoms with Crippen LogP contribution in [0.4, 0.5) is 10.5 Å². The van der Waals surface area contributed by atoms with E-state index in [1.54, 1.807) is 6.92 Å². The molecule has 2 rings (SSSR count). The lowest BCUT2D eigenvalue weighted by Gasteiger charge is -2.53. The third-order valence-corrected chi connectivity index (χ3v) is 3.98. The molecule has 1 aromatic carbocycles. The zero-order chi connectivity index (χ0) is 15.1. The number of aliphatic hydroxyl groups is 1.